The number of nitrogens with two attached hydrogens (primary N) is 1. The SMILES string of the molecule is NC[C@@H]1CCCN1CC(F)(F)F. The lowest BCUT2D eigenvalue weighted by molar-refractivity contribution is -0.147. The second kappa shape index (κ2) is 3.62. The summed E-state index contributed by atoms with van der Waals surface area (Å²) in [7, 11) is 0. The van der Waals surface area contributed by atoms with Crippen molar-refractivity contribution < 1.29 is 13.2 Å². The third-order valence-corrected chi connectivity index (χ3v) is 2.15. The standard InChI is InChI=1S/C7H13F3N2/c8-7(9,10)5-12-3-1-2-6(12)4-11/h6H,1-5,11H2/t6-/m0/s1. The maximum absolute atomic E-state index is 11.9. The van der Waals surface area contributed by atoms with Crippen LogP contribution in [0.3, 0.4) is 0 Å². The molecule has 1 aliphatic heterocycles. The van der Waals surface area contributed by atoms with Gasteiger partial charge in [0.05, 0.1) is 6.54 Å². The first-order chi connectivity index (χ1) is 5.53. The molecule has 0 spiro atoms. The molecular formula is C7H13F3N2. The second-order valence-electron chi connectivity index (χ2n) is 3.12. The molecule has 0 saturated carbocycles. The third-order valence-electron chi connectivity index (χ3n) is 2.15. The summed E-state index contributed by atoms with van der Waals surface area (Å²) in [6.45, 7) is 0.0479. The fourth-order valence-electron chi connectivity index (χ4n) is 1.60. The fraction of sp³-hybridized carbons (Fsp3) is 1.00. The van der Waals surface area contributed by atoms with Gasteiger partial charge in [-0.2, -0.15) is 13.2 Å². The molecule has 0 amide bonds. The summed E-state index contributed by atoms with van der Waals surface area (Å²) < 4.78 is 35.8. The monoisotopic (exact) mass is 182 g/mol. The van der Waals surface area contributed by atoms with Crippen molar-refractivity contribution in [1.82, 2.24) is 4.90 Å². The van der Waals surface area contributed by atoms with E-state index in [1.54, 1.807) is 0 Å². The molecule has 1 heterocycles. The van der Waals surface area contributed by atoms with Gasteiger partial charge in [0.25, 0.3) is 0 Å². The van der Waals surface area contributed by atoms with E-state index in [1.807, 2.05) is 0 Å². The van der Waals surface area contributed by atoms with Crippen LogP contribution in [-0.4, -0.2) is 36.8 Å². The molecule has 1 fully saturated rings. The van der Waals surface area contributed by atoms with Crippen molar-refractivity contribution in [2.45, 2.75) is 25.1 Å². The Kier molecular flexibility index (Phi) is 2.95. The van der Waals surface area contributed by atoms with Crippen molar-refractivity contribution in [3.63, 3.8) is 0 Å². The van der Waals surface area contributed by atoms with Crippen molar-refractivity contribution in [2.24, 2.45) is 5.73 Å². The van der Waals surface area contributed by atoms with Crippen LogP contribution in [0.1, 0.15) is 12.8 Å². The van der Waals surface area contributed by atoms with Crippen LogP contribution in [0.4, 0.5) is 13.2 Å². The highest BCUT2D eigenvalue weighted by Crippen LogP contribution is 2.23. The number of likely N-dealkylation sites (tertiary alicyclic amines) is 1. The van der Waals surface area contributed by atoms with Gasteiger partial charge in [-0.1, -0.05) is 0 Å². The Morgan fingerprint density at radius 2 is 2.08 bits per heavy atom. The van der Waals surface area contributed by atoms with E-state index in [4.69, 9.17) is 5.73 Å². The molecule has 0 aromatic rings. The number of hydrogen-bond acceptors (Lipinski definition) is 2. The van der Waals surface area contributed by atoms with Crippen LogP contribution in [0.5, 0.6) is 0 Å². The van der Waals surface area contributed by atoms with Gasteiger partial charge in [-0.25, -0.2) is 0 Å². The molecule has 2 nitrogen and oxygen atoms in total. The van der Waals surface area contributed by atoms with Crippen molar-refractivity contribution in [3.05, 3.63) is 0 Å². The topological polar surface area (TPSA) is 29.3 Å². The highest BCUT2D eigenvalue weighted by molar-refractivity contribution is 4.81. The number of nitrogens with zero attached hydrogens (tertiary/aromatic N) is 1. The summed E-state index contributed by atoms with van der Waals surface area (Å²) in [4.78, 5) is 1.42. The molecule has 12 heavy (non-hydrogen) atoms. The van der Waals surface area contributed by atoms with E-state index in [0.717, 1.165) is 12.8 Å². The van der Waals surface area contributed by atoms with Crippen molar-refractivity contribution in [2.75, 3.05) is 19.6 Å². The second-order valence-corrected chi connectivity index (χ2v) is 3.12. The van der Waals surface area contributed by atoms with Crippen LogP contribution in [-0.2, 0) is 0 Å². The molecule has 72 valence electrons. The lowest BCUT2D eigenvalue weighted by Gasteiger charge is -2.23. The Labute approximate surface area is 69.5 Å². The molecule has 0 aliphatic carbocycles. The zero-order valence-corrected chi connectivity index (χ0v) is 6.77. The van der Waals surface area contributed by atoms with E-state index in [-0.39, 0.29) is 6.04 Å². The minimum atomic E-state index is -4.09. The summed E-state index contributed by atoms with van der Waals surface area (Å²) in [6.07, 6.45) is -2.46. The van der Waals surface area contributed by atoms with Gasteiger partial charge in [0.1, 0.15) is 0 Å². The molecular weight excluding hydrogens is 169 g/mol. The van der Waals surface area contributed by atoms with E-state index in [1.165, 1.54) is 4.90 Å². The molecule has 0 bridgehead atoms. The molecule has 1 aliphatic rings. The minimum absolute atomic E-state index is 0.0633. The van der Waals surface area contributed by atoms with Crippen LogP contribution >= 0.6 is 0 Å². The lowest BCUT2D eigenvalue weighted by atomic mass is 10.2. The van der Waals surface area contributed by atoms with E-state index < -0.39 is 12.7 Å². The van der Waals surface area contributed by atoms with Crippen LogP contribution in [0, 0.1) is 0 Å². The molecule has 1 rings (SSSR count). The predicted octanol–water partition coefficient (Wildman–Crippen LogP) is 0.972. The highest BCUT2D eigenvalue weighted by Gasteiger charge is 2.35. The lowest BCUT2D eigenvalue weighted by Crippen LogP contribution is -2.41. The number of alkyl halides is 3. The van der Waals surface area contributed by atoms with Crippen LogP contribution in [0.25, 0.3) is 0 Å². The Morgan fingerprint density at radius 3 is 2.58 bits per heavy atom. The summed E-state index contributed by atoms with van der Waals surface area (Å²) in [5, 5.41) is 0. The van der Waals surface area contributed by atoms with Crippen LogP contribution in [0.2, 0.25) is 0 Å². The van der Waals surface area contributed by atoms with Gasteiger partial charge in [-0.05, 0) is 19.4 Å². The van der Waals surface area contributed by atoms with Crippen LogP contribution < -0.4 is 5.73 Å². The first-order valence-corrected chi connectivity index (χ1v) is 4.04. The number of halogens is 3. The van der Waals surface area contributed by atoms with E-state index in [9.17, 15) is 13.2 Å². The quantitative estimate of drug-likeness (QED) is 0.689. The molecule has 0 unspecified atom stereocenters. The van der Waals surface area contributed by atoms with Crippen molar-refractivity contribution >= 4 is 0 Å². The molecule has 1 atom stereocenters. The van der Waals surface area contributed by atoms with Crippen molar-refractivity contribution in [3.8, 4) is 0 Å². The summed E-state index contributed by atoms with van der Waals surface area (Å²) in [6, 6.07) is -0.0633. The van der Waals surface area contributed by atoms with E-state index >= 15 is 0 Å². The summed E-state index contributed by atoms with van der Waals surface area (Å²) in [5.74, 6) is 0. The van der Waals surface area contributed by atoms with E-state index in [0.29, 0.717) is 13.1 Å². The maximum Gasteiger partial charge on any atom is 0.401 e. The van der Waals surface area contributed by atoms with Gasteiger partial charge >= 0.3 is 6.18 Å². The Morgan fingerprint density at radius 1 is 1.42 bits per heavy atom. The summed E-state index contributed by atoms with van der Waals surface area (Å²) in [5.41, 5.74) is 5.33. The Balaban J connectivity index is 2.41. The largest absolute Gasteiger partial charge is 0.401 e. The first kappa shape index (κ1) is 9.80. The smallest absolute Gasteiger partial charge is 0.329 e. The zero-order chi connectivity index (χ0) is 9.19. The molecule has 0 aromatic carbocycles. The fourth-order valence-corrected chi connectivity index (χ4v) is 1.60. The van der Waals surface area contributed by atoms with Gasteiger partial charge in [-0.15, -0.1) is 0 Å². The molecule has 2 N–H and O–H groups in total. The molecule has 0 radical (unpaired) electrons. The van der Waals surface area contributed by atoms with Gasteiger partial charge in [0.15, 0.2) is 0 Å². The normalized spacial score (nSPS) is 26.5. The van der Waals surface area contributed by atoms with Gasteiger partial charge in [-0.3, -0.25) is 4.90 Å². The van der Waals surface area contributed by atoms with Gasteiger partial charge in [0.2, 0.25) is 0 Å². The molecule has 5 heteroatoms. The maximum atomic E-state index is 11.9. The van der Waals surface area contributed by atoms with Crippen LogP contribution in [0.15, 0.2) is 0 Å². The third kappa shape index (κ3) is 2.64. The Hall–Kier alpha value is -0.290. The van der Waals surface area contributed by atoms with Gasteiger partial charge < -0.3 is 5.73 Å². The molecule has 1 saturated heterocycles. The first-order valence-electron chi connectivity index (χ1n) is 4.04. The van der Waals surface area contributed by atoms with Crippen molar-refractivity contribution in [1.29, 1.82) is 0 Å². The number of hydrogen-bond donors (Lipinski definition) is 1. The van der Waals surface area contributed by atoms with E-state index in [2.05, 4.69) is 0 Å². The zero-order valence-electron chi connectivity index (χ0n) is 6.77. The minimum Gasteiger partial charge on any atom is -0.329 e. The van der Waals surface area contributed by atoms with Gasteiger partial charge in [0, 0.05) is 12.6 Å². The average Bonchev–Trinajstić information content (AvgIpc) is 2.31. The number of rotatable bonds is 2. The predicted molar refractivity (Wildman–Crippen MR) is 39.7 cm³/mol. The summed E-state index contributed by atoms with van der Waals surface area (Å²) >= 11 is 0. The molecule has 0 aromatic heterocycles. The Bertz CT molecular complexity index is 146. The average molecular weight is 182 g/mol. The highest BCUT2D eigenvalue weighted by atomic mass is 19.4.